The summed E-state index contributed by atoms with van der Waals surface area (Å²) in [5, 5.41) is 4.07. The Morgan fingerprint density at radius 3 is 3.33 bits per heavy atom. The Morgan fingerprint density at radius 1 is 1.75 bits per heavy atom. The van der Waals surface area contributed by atoms with Gasteiger partial charge in [-0.25, -0.2) is 4.98 Å². The molecule has 0 unspecified atom stereocenters. The lowest BCUT2D eigenvalue weighted by molar-refractivity contribution is 0.454. The van der Waals surface area contributed by atoms with Crippen molar-refractivity contribution in [3.05, 3.63) is 22.9 Å². The maximum atomic E-state index is 7.97. The van der Waals surface area contributed by atoms with Crippen molar-refractivity contribution in [2.24, 2.45) is 5.11 Å². The average Bonchev–Trinajstić information content (AvgIpc) is 2.57. The van der Waals surface area contributed by atoms with E-state index in [-0.39, 0.29) is 0 Å². The Balaban J connectivity index is 2.07. The van der Waals surface area contributed by atoms with Crippen molar-refractivity contribution in [1.82, 2.24) is 4.98 Å². The van der Waals surface area contributed by atoms with Gasteiger partial charge in [0.25, 0.3) is 5.22 Å². The van der Waals surface area contributed by atoms with Crippen LogP contribution in [0.15, 0.2) is 27.2 Å². The van der Waals surface area contributed by atoms with Crippen molar-refractivity contribution >= 4 is 11.8 Å². The highest BCUT2D eigenvalue weighted by Crippen LogP contribution is 2.15. The fraction of sp³-hybridized carbons (Fsp3) is 0.500. The van der Waals surface area contributed by atoms with Crippen LogP contribution in [0.5, 0.6) is 0 Å². The smallest absolute Gasteiger partial charge is 0.255 e. The molecule has 6 heteroatoms. The quantitative estimate of drug-likeness (QED) is 0.232. The van der Waals surface area contributed by atoms with Gasteiger partial charge in [0.05, 0.1) is 6.20 Å². The molecule has 0 amide bonds. The molecule has 0 aromatic carbocycles. The largest absolute Gasteiger partial charge is 0.440 e. The third-order valence-electron chi connectivity index (χ3n) is 1.10. The van der Waals surface area contributed by atoms with E-state index in [0.29, 0.717) is 11.8 Å². The van der Waals surface area contributed by atoms with Crippen LogP contribution in [0.25, 0.3) is 10.4 Å². The summed E-state index contributed by atoms with van der Waals surface area (Å²) in [5.74, 6) is 0.861. The fourth-order valence-electron chi connectivity index (χ4n) is 0.621. The number of thioether (sulfide) groups is 1. The van der Waals surface area contributed by atoms with Gasteiger partial charge in [-0.05, 0) is 12.0 Å². The van der Waals surface area contributed by atoms with Gasteiger partial charge < -0.3 is 4.42 Å². The van der Waals surface area contributed by atoms with Crippen LogP contribution < -0.4 is 0 Å². The van der Waals surface area contributed by atoms with E-state index < -0.39 is 0 Å². The van der Waals surface area contributed by atoms with Crippen molar-refractivity contribution in [2.45, 2.75) is 11.6 Å². The summed E-state index contributed by atoms with van der Waals surface area (Å²) in [6.07, 6.45) is 3.99. The highest BCUT2D eigenvalue weighted by Gasteiger charge is 1.95. The summed E-state index contributed by atoms with van der Waals surface area (Å²) in [7, 11) is 0. The number of rotatable bonds is 5. The molecule has 0 aliphatic carbocycles. The molecule has 0 aliphatic rings. The lowest BCUT2D eigenvalue weighted by atomic mass is 10.5. The van der Waals surface area contributed by atoms with E-state index in [2.05, 4.69) is 15.0 Å². The standard InChI is InChI=1S/C6H8N4OS/c7-10-9-2-1-5-12-6-8-3-4-11-6/h3-4H,1-2,5H2. The average molecular weight is 184 g/mol. The monoisotopic (exact) mass is 184 g/mol. The fourth-order valence-corrected chi connectivity index (χ4v) is 1.33. The molecule has 0 spiro atoms. The SMILES string of the molecule is [N-]=[N+]=NCCCSc1ncco1. The first-order chi connectivity index (χ1) is 5.93. The second kappa shape index (κ2) is 5.51. The van der Waals surface area contributed by atoms with Crippen LogP contribution in [0.2, 0.25) is 0 Å². The third-order valence-corrected chi connectivity index (χ3v) is 2.04. The van der Waals surface area contributed by atoms with E-state index >= 15 is 0 Å². The number of hydrogen-bond donors (Lipinski definition) is 0. The maximum absolute atomic E-state index is 7.97. The van der Waals surface area contributed by atoms with Gasteiger partial charge in [-0.15, -0.1) is 0 Å². The van der Waals surface area contributed by atoms with Crippen molar-refractivity contribution < 1.29 is 4.42 Å². The van der Waals surface area contributed by atoms with Crippen molar-refractivity contribution in [3.8, 4) is 0 Å². The summed E-state index contributed by atoms with van der Waals surface area (Å²) in [4.78, 5) is 6.57. The summed E-state index contributed by atoms with van der Waals surface area (Å²) < 4.78 is 4.99. The summed E-state index contributed by atoms with van der Waals surface area (Å²) in [5.41, 5.74) is 7.97. The van der Waals surface area contributed by atoms with Crippen LogP contribution in [-0.2, 0) is 0 Å². The van der Waals surface area contributed by atoms with Gasteiger partial charge in [-0.3, -0.25) is 0 Å². The number of nitrogens with zero attached hydrogens (tertiary/aromatic N) is 4. The van der Waals surface area contributed by atoms with E-state index in [1.807, 2.05) is 0 Å². The molecule has 64 valence electrons. The third kappa shape index (κ3) is 3.32. The topological polar surface area (TPSA) is 74.8 Å². The van der Waals surface area contributed by atoms with Crippen molar-refractivity contribution in [2.75, 3.05) is 12.3 Å². The molecule has 1 aromatic heterocycles. The summed E-state index contributed by atoms with van der Waals surface area (Å²) >= 11 is 1.52. The predicted molar refractivity (Wildman–Crippen MR) is 45.9 cm³/mol. The molecule has 12 heavy (non-hydrogen) atoms. The van der Waals surface area contributed by atoms with Gasteiger partial charge in [-0.2, -0.15) is 0 Å². The van der Waals surface area contributed by atoms with E-state index in [4.69, 9.17) is 9.95 Å². The summed E-state index contributed by atoms with van der Waals surface area (Å²) in [6, 6.07) is 0. The number of azide groups is 1. The van der Waals surface area contributed by atoms with Crippen LogP contribution in [0.1, 0.15) is 6.42 Å². The second-order valence-corrected chi connectivity index (χ2v) is 3.00. The predicted octanol–water partition coefficient (Wildman–Crippen LogP) is 2.47. The minimum atomic E-state index is 0.532. The maximum Gasteiger partial charge on any atom is 0.255 e. The highest BCUT2D eigenvalue weighted by molar-refractivity contribution is 7.99. The highest BCUT2D eigenvalue weighted by atomic mass is 32.2. The number of oxazole rings is 1. The molecular formula is C6H8N4OS. The van der Waals surface area contributed by atoms with E-state index in [0.717, 1.165) is 12.2 Å². The van der Waals surface area contributed by atoms with Gasteiger partial charge in [0.15, 0.2) is 0 Å². The summed E-state index contributed by atoms with van der Waals surface area (Å²) in [6.45, 7) is 0.532. The molecule has 0 radical (unpaired) electrons. The molecule has 0 saturated heterocycles. The van der Waals surface area contributed by atoms with Gasteiger partial charge in [0.1, 0.15) is 6.26 Å². The van der Waals surface area contributed by atoms with Gasteiger partial charge in [0.2, 0.25) is 0 Å². The lowest BCUT2D eigenvalue weighted by Gasteiger charge is -1.91. The Labute approximate surface area is 73.8 Å². The molecule has 0 bridgehead atoms. The zero-order chi connectivity index (χ0) is 8.65. The van der Waals surface area contributed by atoms with Crippen LogP contribution in [0, 0.1) is 0 Å². The van der Waals surface area contributed by atoms with Crippen LogP contribution >= 0.6 is 11.8 Å². The minimum Gasteiger partial charge on any atom is -0.440 e. The molecule has 0 saturated carbocycles. The van der Waals surface area contributed by atoms with Gasteiger partial charge >= 0.3 is 0 Å². The molecular weight excluding hydrogens is 176 g/mol. The molecule has 0 atom stereocenters. The minimum absolute atomic E-state index is 0.532. The molecule has 1 rings (SSSR count). The van der Waals surface area contributed by atoms with E-state index in [1.54, 1.807) is 6.20 Å². The Morgan fingerprint density at radius 2 is 2.67 bits per heavy atom. The van der Waals surface area contributed by atoms with Crippen molar-refractivity contribution in [1.29, 1.82) is 0 Å². The molecule has 0 aliphatic heterocycles. The zero-order valence-corrected chi connectivity index (χ0v) is 7.20. The van der Waals surface area contributed by atoms with E-state index in [9.17, 15) is 0 Å². The first-order valence-corrected chi connectivity index (χ1v) is 4.45. The molecule has 5 nitrogen and oxygen atoms in total. The lowest BCUT2D eigenvalue weighted by Crippen LogP contribution is -1.83. The van der Waals surface area contributed by atoms with Crippen LogP contribution in [0.4, 0.5) is 0 Å². The normalized spacial score (nSPS) is 9.33. The van der Waals surface area contributed by atoms with Gasteiger partial charge in [0, 0.05) is 17.2 Å². The van der Waals surface area contributed by atoms with Crippen molar-refractivity contribution in [3.63, 3.8) is 0 Å². The molecule has 0 N–H and O–H groups in total. The number of hydrogen-bond acceptors (Lipinski definition) is 4. The first kappa shape index (κ1) is 8.96. The van der Waals surface area contributed by atoms with Gasteiger partial charge in [-0.1, -0.05) is 16.9 Å². The molecule has 1 aromatic rings. The first-order valence-electron chi connectivity index (χ1n) is 3.46. The molecule has 1 heterocycles. The number of aromatic nitrogens is 1. The van der Waals surface area contributed by atoms with Crippen LogP contribution in [-0.4, -0.2) is 17.3 Å². The van der Waals surface area contributed by atoms with Crippen LogP contribution in [0.3, 0.4) is 0 Å². The Bertz CT molecular complexity index is 255. The van der Waals surface area contributed by atoms with E-state index in [1.165, 1.54) is 18.0 Å². The molecule has 0 fully saturated rings. The second-order valence-electron chi connectivity index (χ2n) is 1.95. The zero-order valence-electron chi connectivity index (χ0n) is 6.38. The Hall–Kier alpha value is -1.13. The Kier molecular flexibility index (Phi) is 4.12.